The molecule has 0 aliphatic rings. The molecule has 0 aliphatic carbocycles. The van der Waals surface area contributed by atoms with Crippen molar-refractivity contribution in [1.82, 2.24) is 24.5 Å². The summed E-state index contributed by atoms with van der Waals surface area (Å²) >= 11 is 0. The first-order valence-electron chi connectivity index (χ1n) is 10.2. The molecule has 2 N–H and O–H groups in total. The van der Waals surface area contributed by atoms with Gasteiger partial charge in [-0.1, -0.05) is 13.0 Å². The van der Waals surface area contributed by atoms with E-state index in [-0.39, 0.29) is 11.1 Å². The zero-order valence-corrected chi connectivity index (χ0v) is 17.3. The molecule has 10 heteroatoms. The number of imidazole rings is 1. The molecule has 3 heterocycles. The molecule has 0 saturated carbocycles. The van der Waals surface area contributed by atoms with Crippen molar-refractivity contribution < 1.29 is 13.2 Å². The van der Waals surface area contributed by atoms with Gasteiger partial charge in [0.05, 0.1) is 23.4 Å². The monoisotopic (exact) mass is 450 g/mol. The minimum atomic E-state index is -0.915. The van der Waals surface area contributed by atoms with Crippen LogP contribution in [0.2, 0.25) is 0 Å². The summed E-state index contributed by atoms with van der Waals surface area (Å²) in [6.45, 7) is 1.88. The van der Waals surface area contributed by atoms with E-state index in [1.54, 1.807) is 6.07 Å². The molecule has 166 valence electrons. The molecule has 7 nitrogen and oxygen atoms in total. The molecule has 0 saturated heterocycles. The Morgan fingerprint density at radius 1 is 1.03 bits per heavy atom. The summed E-state index contributed by atoms with van der Waals surface area (Å²) in [5.74, 6) is -1.83. The van der Waals surface area contributed by atoms with Crippen LogP contribution in [0.4, 0.5) is 19.0 Å². The lowest BCUT2D eigenvalue weighted by Gasteiger charge is -2.23. The summed E-state index contributed by atoms with van der Waals surface area (Å²) in [5, 5.41) is 3.84. The highest BCUT2D eigenvalue weighted by Crippen LogP contribution is 2.29. The third kappa shape index (κ3) is 3.59. The van der Waals surface area contributed by atoms with E-state index in [2.05, 4.69) is 25.3 Å². The van der Waals surface area contributed by atoms with Gasteiger partial charge in [0.2, 0.25) is 0 Å². The second-order valence-electron chi connectivity index (χ2n) is 7.47. The van der Waals surface area contributed by atoms with Gasteiger partial charge in [-0.2, -0.15) is 0 Å². The molecule has 0 fully saturated rings. The van der Waals surface area contributed by atoms with Crippen LogP contribution in [0.1, 0.15) is 25.1 Å². The van der Waals surface area contributed by atoms with Gasteiger partial charge in [-0.3, -0.25) is 9.36 Å². The molecule has 0 aliphatic heterocycles. The molecule has 0 unspecified atom stereocenters. The van der Waals surface area contributed by atoms with Crippen molar-refractivity contribution >= 4 is 27.8 Å². The number of aromatic amines is 1. The highest BCUT2D eigenvalue weighted by Gasteiger charge is 2.22. The van der Waals surface area contributed by atoms with Gasteiger partial charge in [0.25, 0.3) is 5.56 Å². The van der Waals surface area contributed by atoms with E-state index in [4.69, 9.17) is 0 Å². The second-order valence-corrected chi connectivity index (χ2v) is 7.47. The largest absolute Gasteiger partial charge is 0.360 e. The number of H-pyrrole nitrogens is 1. The van der Waals surface area contributed by atoms with Gasteiger partial charge >= 0.3 is 0 Å². The van der Waals surface area contributed by atoms with Crippen molar-refractivity contribution in [3.8, 4) is 5.69 Å². The number of hydrogen-bond donors (Lipinski definition) is 2. The van der Waals surface area contributed by atoms with Gasteiger partial charge in [0.1, 0.15) is 29.3 Å². The first kappa shape index (κ1) is 20.7. The minimum Gasteiger partial charge on any atom is -0.360 e. The molecule has 5 rings (SSSR count). The predicted octanol–water partition coefficient (Wildman–Crippen LogP) is 4.64. The maximum Gasteiger partial charge on any atom is 0.263 e. The number of pyridine rings is 1. The van der Waals surface area contributed by atoms with Crippen LogP contribution in [0, 0.1) is 17.5 Å². The molecule has 0 bridgehead atoms. The fourth-order valence-corrected chi connectivity index (χ4v) is 3.89. The lowest BCUT2D eigenvalue weighted by molar-refractivity contribution is 0.572. The normalized spacial score (nSPS) is 12.4. The van der Waals surface area contributed by atoms with Gasteiger partial charge in [0.15, 0.2) is 11.5 Å². The standard InChI is InChI=1S/C23H17F3N6O/c1-2-17(31-22-20-21(28-10-27-20)29-11-30-22)19-7-12-3-4-13(24)8-15(12)23(33)32(19)18-6-5-14(25)9-16(18)26/h3-11,17H,2H2,1H3,(H2,27,28,29,30,31)/t17-/m1/s1. The lowest BCUT2D eigenvalue weighted by Crippen LogP contribution is -2.27. The SMILES string of the molecule is CC[C@@H](Nc1ncnc2nc[nH]c12)c1cc2ccc(F)cc2c(=O)n1-c1ccc(F)cc1F. The topological polar surface area (TPSA) is 88.5 Å². The predicted molar refractivity (Wildman–Crippen MR) is 118 cm³/mol. The van der Waals surface area contributed by atoms with Gasteiger partial charge in [0, 0.05) is 11.8 Å². The summed E-state index contributed by atoms with van der Waals surface area (Å²) in [6.07, 6.45) is 3.32. The number of rotatable bonds is 5. The van der Waals surface area contributed by atoms with E-state index in [0.717, 1.165) is 16.7 Å². The quantitative estimate of drug-likeness (QED) is 0.407. The van der Waals surface area contributed by atoms with Gasteiger partial charge in [-0.25, -0.2) is 28.1 Å². The van der Waals surface area contributed by atoms with E-state index in [1.807, 2.05) is 6.92 Å². The molecule has 0 spiro atoms. The Morgan fingerprint density at radius 2 is 1.82 bits per heavy atom. The second kappa shape index (κ2) is 8.05. The highest BCUT2D eigenvalue weighted by molar-refractivity contribution is 5.84. The summed E-state index contributed by atoms with van der Waals surface area (Å²) in [4.78, 5) is 28.9. The summed E-state index contributed by atoms with van der Waals surface area (Å²) < 4.78 is 43.4. The number of hydrogen-bond acceptors (Lipinski definition) is 5. The van der Waals surface area contributed by atoms with Crippen LogP contribution in [-0.2, 0) is 0 Å². The Morgan fingerprint density at radius 3 is 2.61 bits per heavy atom. The Hall–Kier alpha value is -4.21. The number of fused-ring (bicyclic) bond motifs is 2. The van der Waals surface area contributed by atoms with Crippen molar-refractivity contribution in [2.75, 3.05) is 5.32 Å². The number of aromatic nitrogens is 5. The molecular weight excluding hydrogens is 433 g/mol. The number of nitrogens with zero attached hydrogens (tertiary/aromatic N) is 4. The zero-order valence-electron chi connectivity index (χ0n) is 17.3. The number of nitrogens with one attached hydrogen (secondary N) is 2. The Kier molecular flexibility index (Phi) is 5.04. The van der Waals surface area contributed by atoms with E-state index in [0.29, 0.717) is 40.5 Å². The van der Waals surface area contributed by atoms with Crippen molar-refractivity contribution in [2.45, 2.75) is 19.4 Å². The molecule has 5 aromatic rings. The first-order chi connectivity index (χ1) is 16.0. The van der Waals surface area contributed by atoms with Crippen molar-refractivity contribution in [3.63, 3.8) is 0 Å². The minimum absolute atomic E-state index is 0.0790. The van der Waals surface area contributed by atoms with Crippen LogP contribution < -0.4 is 10.9 Å². The zero-order chi connectivity index (χ0) is 23.1. The molecule has 3 aromatic heterocycles. The summed E-state index contributed by atoms with van der Waals surface area (Å²) in [7, 11) is 0. The van der Waals surface area contributed by atoms with Crippen molar-refractivity contribution in [2.24, 2.45) is 0 Å². The number of benzene rings is 2. The third-order valence-corrected chi connectivity index (χ3v) is 5.46. The Bertz CT molecular complexity index is 1560. The number of anilines is 1. The van der Waals surface area contributed by atoms with Crippen LogP contribution in [-0.4, -0.2) is 24.5 Å². The Labute approximate surface area is 185 Å². The van der Waals surface area contributed by atoms with Crippen molar-refractivity contribution in [1.29, 1.82) is 0 Å². The molecule has 33 heavy (non-hydrogen) atoms. The van der Waals surface area contributed by atoms with E-state index < -0.39 is 29.1 Å². The van der Waals surface area contributed by atoms with Crippen molar-refractivity contribution in [3.05, 3.63) is 88.6 Å². The first-order valence-corrected chi connectivity index (χ1v) is 10.2. The molecular formula is C23H17F3N6O. The molecule has 0 amide bonds. The van der Waals surface area contributed by atoms with Gasteiger partial charge < -0.3 is 10.3 Å². The van der Waals surface area contributed by atoms with Gasteiger partial charge in [-0.15, -0.1) is 0 Å². The molecule has 0 radical (unpaired) electrons. The molecule has 1 atom stereocenters. The maximum absolute atomic E-state index is 14.8. The average molecular weight is 450 g/mol. The van der Waals surface area contributed by atoms with E-state index >= 15 is 0 Å². The van der Waals surface area contributed by atoms with E-state index in [9.17, 15) is 18.0 Å². The fraction of sp³-hybridized carbons (Fsp3) is 0.130. The van der Waals surface area contributed by atoms with Crippen LogP contribution in [0.25, 0.3) is 27.6 Å². The Balaban J connectivity index is 1.75. The smallest absolute Gasteiger partial charge is 0.263 e. The van der Waals surface area contributed by atoms with E-state index in [1.165, 1.54) is 30.9 Å². The van der Waals surface area contributed by atoms with Gasteiger partial charge in [-0.05, 0) is 42.1 Å². The van der Waals surface area contributed by atoms with Crippen LogP contribution in [0.3, 0.4) is 0 Å². The van der Waals surface area contributed by atoms with Crippen LogP contribution >= 0.6 is 0 Å². The number of halogens is 3. The summed E-state index contributed by atoms with van der Waals surface area (Å²) in [5.41, 5.74) is 0.664. The lowest BCUT2D eigenvalue weighted by atomic mass is 10.0. The van der Waals surface area contributed by atoms with Crippen LogP contribution in [0.5, 0.6) is 0 Å². The maximum atomic E-state index is 14.8. The third-order valence-electron chi connectivity index (χ3n) is 5.46. The average Bonchev–Trinajstić information content (AvgIpc) is 3.28. The fourth-order valence-electron chi connectivity index (χ4n) is 3.89. The molecule has 2 aromatic carbocycles. The highest BCUT2D eigenvalue weighted by atomic mass is 19.1. The van der Waals surface area contributed by atoms with Crippen LogP contribution in [0.15, 0.2) is 59.9 Å². The summed E-state index contributed by atoms with van der Waals surface area (Å²) in [6, 6.07) is 7.97.